The van der Waals surface area contributed by atoms with Crippen molar-refractivity contribution in [3.8, 4) is 17.2 Å². The average Bonchev–Trinajstić information content (AvgIpc) is 2.68. The lowest BCUT2D eigenvalue weighted by molar-refractivity contribution is 0.102. The van der Waals surface area contributed by atoms with Crippen molar-refractivity contribution in [1.82, 2.24) is 0 Å². The summed E-state index contributed by atoms with van der Waals surface area (Å²) in [6.45, 7) is 0. The molecule has 0 atom stereocenters. The predicted octanol–water partition coefficient (Wildman–Crippen LogP) is 4.88. The van der Waals surface area contributed by atoms with Gasteiger partial charge in [-0.3, -0.25) is 4.79 Å². The van der Waals surface area contributed by atoms with E-state index in [9.17, 15) is 4.79 Å². The summed E-state index contributed by atoms with van der Waals surface area (Å²) in [5, 5.41) is 4.79. The summed E-state index contributed by atoms with van der Waals surface area (Å²) in [5.74, 6) is 1.34. The maximum atomic E-state index is 12.9. The van der Waals surface area contributed by atoms with E-state index in [1.54, 1.807) is 32.4 Å². The van der Waals surface area contributed by atoms with Gasteiger partial charge in [-0.1, -0.05) is 24.3 Å². The Balaban J connectivity index is 2.03. The molecule has 0 aromatic heterocycles. The zero-order valence-corrected chi connectivity index (χ0v) is 16.2. The number of hydrogen-bond acceptors (Lipinski definition) is 4. The first-order chi connectivity index (χ1) is 12.6. The second-order valence-electron chi connectivity index (χ2n) is 5.51. The van der Waals surface area contributed by atoms with Crippen LogP contribution in [0.3, 0.4) is 0 Å². The van der Waals surface area contributed by atoms with Crippen molar-refractivity contribution in [2.75, 3.05) is 26.6 Å². The van der Waals surface area contributed by atoms with Gasteiger partial charge in [0.1, 0.15) is 17.2 Å². The second kappa shape index (κ2) is 7.66. The molecule has 0 aliphatic heterocycles. The van der Waals surface area contributed by atoms with Crippen LogP contribution in [0.2, 0.25) is 0 Å². The SMILES string of the molecule is COc1ccc(NC(=O)c2cc3ccccc3c(Br)c2OC)c(OC)c1. The molecule has 3 rings (SSSR count). The molecule has 0 aliphatic rings. The lowest BCUT2D eigenvalue weighted by Crippen LogP contribution is -2.14. The van der Waals surface area contributed by atoms with Crippen molar-refractivity contribution in [1.29, 1.82) is 0 Å². The van der Waals surface area contributed by atoms with Crippen LogP contribution >= 0.6 is 15.9 Å². The van der Waals surface area contributed by atoms with Gasteiger partial charge in [-0.25, -0.2) is 0 Å². The van der Waals surface area contributed by atoms with E-state index in [4.69, 9.17) is 14.2 Å². The van der Waals surface area contributed by atoms with Gasteiger partial charge in [0.05, 0.1) is 37.1 Å². The van der Waals surface area contributed by atoms with Crippen LogP contribution in [0.15, 0.2) is 53.0 Å². The Morgan fingerprint density at radius 1 is 0.962 bits per heavy atom. The standard InChI is InChI=1S/C20H18BrNO4/c1-24-13-8-9-16(17(11-13)25-2)22-20(23)15-10-12-6-4-5-7-14(12)18(21)19(15)26-3/h4-11H,1-3H3,(H,22,23). The largest absolute Gasteiger partial charge is 0.497 e. The lowest BCUT2D eigenvalue weighted by atomic mass is 10.0. The molecule has 0 saturated carbocycles. The highest BCUT2D eigenvalue weighted by Crippen LogP contribution is 2.37. The Hall–Kier alpha value is -2.73. The maximum Gasteiger partial charge on any atom is 0.259 e. The first kappa shape index (κ1) is 18.1. The van der Waals surface area contributed by atoms with Gasteiger partial charge in [-0.15, -0.1) is 0 Å². The van der Waals surface area contributed by atoms with Gasteiger partial charge in [0, 0.05) is 6.07 Å². The first-order valence-electron chi connectivity index (χ1n) is 7.87. The molecule has 5 nitrogen and oxygen atoms in total. The maximum absolute atomic E-state index is 12.9. The quantitative estimate of drug-likeness (QED) is 0.644. The van der Waals surface area contributed by atoms with E-state index in [-0.39, 0.29) is 5.91 Å². The van der Waals surface area contributed by atoms with Crippen LogP contribution in [0.4, 0.5) is 5.69 Å². The van der Waals surface area contributed by atoms with Crippen LogP contribution in [0.25, 0.3) is 10.8 Å². The van der Waals surface area contributed by atoms with E-state index in [1.807, 2.05) is 30.3 Å². The fourth-order valence-corrected chi connectivity index (χ4v) is 3.48. The number of anilines is 1. The monoisotopic (exact) mass is 415 g/mol. The summed E-state index contributed by atoms with van der Waals surface area (Å²) in [6, 6.07) is 14.8. The Morgan fingerprint density at radius 2 is 1.73 bits per heavy atom. The van der Waals surface area contributed by atoms with Crippen molar-refractivity contribution in [2.45, 2.75) is 0 Å². The number of carbonyl (C=O) groups excluding carboxylic acids is 1. The molecule has 1 amide bonds. The predicted molar refractivity (Wildman–Crippen MR) is 106 cm³/mol. The highest BCUT2D eigenvalue weighted by molar-refractivity contribution is 9.10. The number of halogens is 1. The minimum atomic E-state index is -0.295. The summed E-state index contributed by atoms with van der Waals surface area (Å²) in [6.07, 6.45) is 0. The topological polar surface area (TPSA) is 56.8 Å². The molecule has 0 aliphatic carbocycles. The molecule has 26 heavy (non-hydrogen) atoms. The number of nitrogens with one attached hydrogen (secondary N) is 1. The fraction of sp³-hybridized carbons (Fsp3) is 0.150. The molecule has 0 fully saturated rings. The van der Waals surface area contributed by atoms with Gasteiger partial charge >= 0.3 is 0 Å². The van der Waals surface area contributed by atoms with Crippen LogP contribution in [-0.2, 0) is 0 Å². The smallest absolute Gasteiger partial charge is 0.259 e. The van der Waals surface area contributed by atoms with E-state index in [0.29, 0.717) is 28.5 Å². The third kappa shape index (κ3) is 3.32. The normalized spacial score (nSPS) is 10.5. The highest BCUT2D eigenvalue weighted by atomic mass is 79.9. The molecule has 0 bridgehead atoms. The Kier molecular flexibility index (Phi) is 5.32. The number of methoxy groups -OCH3 is 3. The molecular formula is C20H18BrNO4. The fourth-order valence-electron chi connectivity index (χ4n) is 2.74. The number of ether oxygens (including phenoxy) is 3. The third-order valence-electron chi connectivity index (χ3n) is 4.05. The Labute approximate surface area is 160 Å². The molecule has 0 heterocycles. The van der Waals surface area contributed by atoms with Crippen LogP contribution in [0, 0.1) is 0 Å². The van der Waals surface area contributed by atoms with Crippen LogP contribution in [-0.4, -0.2) is 27.2 Å². The first-order valence-corrected chi connectivity index (χ1v) is 8.67. The van der Waals surface area contributed by atoms with Crippen molar-refractivity contribution >= 4 is 38.3 Å². The van der Waals surface area contributed by atoms with Crippen molar-refractivity contribution in [2.24, 2.45) is 0 Å². The number of fused-ring (bicyclic) bond motifs is 1. The molecule has 3 aromatic carbocycles. The van der Waals surface area contributed by atoms with Crippen LogP contribution in [0.1, 0.15) is 10.4 Å². The third-order valence-corrected chi connectivity index (χ3v) is 4.83. The number of amides is 1. The summed E-state index contributed by atoms with van der Waals surface area (Å²) < 4.78 is 16.7. The molecule has 0 radical (unpaired) electrons. The van der Waals surface area contributed by atoms with E-state index >= 15 is 0 Å². The lowest BCUT2D eigenvalue weighted by Gasteiger charge is -2.15. The average molecular weight is 416 g/mol. The van der Waals surface area contributed by atoms with Crippen molar-refractivity contribution < 1.29 is 19.0 Å². The van der Waals surface area contributed by atoms with E-state index in [1.165, 1.54) is 7.11 Å². The summed E-state index contributed by atoms with van der Waals surface area (Å²) in [4.78, 5) is 12.9. The minimum absolute atomic E-state index is 0.295. The number of hydrogen-bond donors (Lipinski definition) is 1. The van der Waals surface area contributed by atoms with Gasteiger partial charge in [0.2, 0.25) is 0 Å². The molecular weight excluding hydrogens is 398 g/mol. The van der Waals surface area contributed by atoms with Crippen molar-refractivity contribution in [3.05, 3.63) is 58.6 Å². The minimum Gasteiger partial charge on any atom is -0.497 e. The van der Waals surface area contributed by atoms with Gasteiger partial charge in [0.25, 0.3) is 5.91 Å². The molecule has 0 unspecified atom stereocenters. The second-order valence-corrected chi connectivity index (χ2v) is 6.31. The van der Waals surface area contributed by atoms with Gasteiger partial charge in [0.15, 0.2) is 0 Å². The summed E-state index contributed by atoms with van der Waals surface area (Å²) in [7, 11) is 4.65. The van der Waals surface area contributed by atoms with Gasteiger partial charge < -0.3 is 19.5 Å². The van der Waals surface area contributed by atoms with Gasteiger partial charge in [-0.2, -0.15) is 0 Å². The van der Waals surface area contributed by atoms with Crippen LogP contribution in [0.5, 0.6) is 17.2 Å². The highest BCUT2D eigenvalue weighted by Gasteiger charge is 2.19. The van der Waals surface area contributed by atoms with E-state index in [0.717, 1.165) is 15.2 Å². The van der Waals surface area contributed by atoms with Gasteiger partial charge in [-0.05, 0) is 44.9 Å². The zero-order chi connectivity index (χ0) is 18.7. The van der Waals surface area contributed by atoms with E-state index in [2.05, 4.69) is 21.2 Å². The van der Waals surface area contributed by atoms with Crippen molar-refractivity contribution in [3.63, 3.8) is 0 Å². The number of carbonyl (C=O) groups is 1. The number of rotatable bonds is 5. The summed E-state index contributed by atoms with van der Waals surface area (Å²) >= 11 is 3.55. The molecule has 6 heteroatoms. The molecule has 134 valence electrons. The van der Waals surface area contributed by atoms with Crippen LogP contribution < -0.4 is 19.5 Å². The number of benzene rings is 3. The molecule has 0 spiro atoms. The molecule has 0 saturated heterocycles. The zero-order valence-electron chi connectivity index (χ0n) is 14.6. The molecule has 1 N–H and O–H groups in total. The Morgan fingerprint density at radius 3 is 2.42 bits per heavy atom. The summed E-state index contributed by atoms with van der Waals surface area (Å²) in [5.41, 5.74) is 0.973. The Bertz CT molecular complexity index is 971. The molecule has 3 aromatic rings. The van der Waals surface area contributed by atoms with E-state index < -0.39 is 0 Å².